The van der Waals surface area contributed by atoms with Crippen molar-refractivity contribution in [3.05, 3.63) is 137 Å². The van der Waals surface area contributed by atoms with Crippen LogP contribution in [-0.4, -0.2) is 4.98 Å². The Balaban J connectivity index is 1.98. The Hall–Kier alpha value is -3.19. The van der Waals surface area contributed by atoms with Gasteiger partial charge in [-0.3, -0.25) is 4.98 Å². The average Bonchev–Trinajstić information content (AvgIpc) is 2.75. The minimum Gasteiger partial charge on any atom is -0.260 e. The molecule has 1 heterocycles. The van der Waals surface area contributed by atoms with E-state index < -0.39 is 0 Å². The van der Waals surface area contributed by atoms with E-state index in [0.29, 0.717) is 0 Å². The molecular weight excluding hydrogens is 326 g/mol. The Bertz CT molecular complexity index is 878. The fourth-order valence-corrected chi connectivity index (χ4v) is 3.83. The van der Waals surface area contributed by atoms with Crippen LogP contribution >= 0.6 is 0 Å². The molecule has 0 spiro atoms. The van der Waals surface area contributed by atoms with Crippen molar-refractivity contribution >= 4 is 0 Å². The molecule has 0 fully saturated rings. The molecule has 0 aliphatic carbocycles. The molecule has 0 atom stereocenters. The fraction of sp³-hybridized carbons (Fsp3) is 0.115. The first-order valence-electron chi connectivity index (χ1n) is 9.37. The van der Waals surface area contributed by atoms with Crippen molar-refractivity contribution in [2.75, 3.05) is 0 Å². The zero-order valence-corrected chi connectivity index (χ0v) is 15.5. The summed E-state index contributed by atoms with van der Waals surface area (Å²) in [5.74, 6) is 0. The van der Waals surface area contributed by atoms with E-state index in [4.69, 9.17) is 4.98 Å². The lowest BCUT2D eigenvalue weighted by Crippen LogP contribution is -2.33. The number of rotatable bonds is 5. The quantitative estimate of drug-likeness (QED) is 0.433. The van der Waals surface area contributed by atoms with Crippen LogP contribution in [0.25, 0.3) is 0 Å². The average molecular weight is 349 g/mol. The molecule has 132 valence electrons. The van der Waals surface area contributed by atoms with Crippen molar-refractivity contribution < 1.29 is 0 Å². The highest BCUT2D eigenvalue weighted by atomic mass is 14.7. The summed E-state index contributed by atoms with van der Waals surface area (Å²) in [5, 5.41) is 0. The SMILES string of the molecule is Cc1ccc(CC(c2ccccc2)(c2ccccc2)c2ccccn2)cc1. The largest absolute Gasteiger partial charge is 0.260 e. The van der Waals surface area contributed by atoms with E-state index in [1.165, 1.54) is 22.3 Å². The van der Waals surface area contributed by atoms with Crippen LogP contribution in [0, 0.1) is 6.92 Å². The third kappa shape index (κ3) is 3.41. The Morgan fingerprint density at radius 1 is 0.630 bits per heavy atom. The zero-order valence-electron chi connectivity index (χ0n) is 15.5. The summed E-state index contributed by atoms with van der Waals surface area (Å²) in [6.07, 6.45) is 2.75. The number of nitrogens with zero attached hydrogens (tertiary/aromatic N) is 1. The first-order valence-corrected chi connectivity index (χ1v) is 9.37. The standard InChI is InChI=1S/C26H23N/c1-21-15-17-22(18-16-21)20-26(23-10-4-2-5-11-23,24-12-6-3-7-13-24)25-14-8-9-19-27-25/h2-19H,20H2,1H3. The van der Waals surface area contributed by atoms with Crippen LogP contribution in [0.5, 0.6) is 0 Å². The van der Waals surface area contributed by atoms with Gasteiger partial charge in [0.25, 0.3) is 0 Å². The smallest absolute Gasteiger partial charge is 0.0664 e. The van der Waals surface area contributed by atoms with E-state index in [0.717, 1.165) is 12.1 Å². The van der Waals surface area contributed by atoms with Crippen molar-refractivity contribution in [2.24, 2.45) is 0 Å². The lowest BCUT2D eigenvalue weighted by molar-refractivity contribution is 0.592. The third-order valence-electron chi connectivity index (χ3n) is 5.23. The van der Waals surface area contributed by atoms with Crippen molar-refractivity contribution in [3.63, 3.8) is 0 Å². The van der Waals surface area contributed by atoms with Crippen LogP contribution in [0.15, 0.2) is 109 Å². The highest BCUT2D eigenvalue weighted by Crippen LogP contribution is 2.41. The molecule has 0 radical (unpaired) electrons. The lowest BCUT2D eigenvalue weighted by atomic mass is 9.68. The first-order chi connectivity index (χ1) is 13.3. The van der Waals surface area contributed by atoms with E-state index in [1.807, 2.05) is 12.3 Å². The summed E-state index contributed by atoms with van der Waals surface area (Å²) in [5.41, 5.74) is 5.84. The van der Waals surface area contributed by atoms with Crippen molar-refractivity contribution in [1.82, 2.24) is 4.98 Å². The molecule has 1 heteroatoms. The van der Waals surface area contributed by atoms with Gasteiger partial charge in [-0.25, -0.2) is 0 Å². The molecule has 0 N–H and O–H groups in total. The number of pyridine rings is 1. The minimum atomic E-state index is -0.334. The summed E-state index contributed by atoms with van der Waals surface area (Å²) < 4.78 is 0. The molecule has 27 heavy (non-hydrogen) atoms. The Labute approximate surface area is 161 Å². The first kappa shape index (κ1) is 17.2. The molecule has 0 saturated carbocycles. The topological polar surface area (TPSA) is 12.9 Å². The Morgan fingerprint density at radius 3 is 1.70 bits per heavy atom. The Morgan fingerprint density at radius 2 is 1.19 bits per heavy atom. The summed E-state index contributed by atoms with van der Waals surface area (Å²) in [6, 6.07) is 36.5. The maximum Gasteiger partial charge on any atom is 0.0664 e. The molecule has 0 unspecified atom stereocenters. The molecule has 4 aromatic rings. The lowest BCUT2D eigenvalue weighted by Gasteiger charge is -2.35. The third-order valence-corrected chi connectivity index (χ3v) is 5.23. The molecule has 0 aliphatic heterocycles. The van der Waals surface area contributed by atoms with E-state index >= 15 is 0 Å². The van der Waals surface area contributed by atoms with Crippen molar-refractivity contribution in [2.45, 2.75) is 18.8 Å². The molecule has 0 amide bonds. The fourth-order valence-electron chi connectivity index (χ4n) is 3.83. The second-order valence-electron chi connectivity index (χ2n) is 7.01. The van der Waals surface area contributed by atoms with Crippen molar-refractivity contribution in [3.8, 4) is 0 Å². The van der Waals surface area contributed by atoms with Crippen molar-refractivity contribution in [1.29, 1.82) is 0 Å². The summed E-state index contributed by atoms with van der Waals surface area (Å²) in [7, 11) is 0. The van der Waals surface area contributed by atoms with Gasteiger partial charge in [0, 0.05) is 6.20 Å². The van der Waals surface area contributed by atoms with Crippen LogP contribution < -0.4 is 0 Å². The van der Waals surface area contributed by atoms with Crippen LogP contribution in [0.2, 0.25) is 0 Å². The van der Waals surface area contributed by atoms with Gasteiger partial charge in [0.15, 0.2) is 0 Å². The van der Waals surface area contributed by atoms with Gasteiger partial charge in [-0.15, -0.1) is 0 Å². The number of benzene rings is 3. The maximum absolute atomic E-state index is 4.82. The monoisotopic (exact) mass is 349 g/mol. The predicted molar refractivity (Wildman–Crippen MR) is 112 cm³/mol. The van der Waals surface area contributed by atoms with Gasteiger partial charge < -0.3 is 0 Å². The highest BCUT2D eigenvalue weighted by molar-refractivity contribution is 5.50. The second-order valence-corrected chi connectivity index (χ2v) is 7.01. The minimum absolute atomic E-state index is 0.334. The summed E-state index contributed by atoms with van der Waals surface area (Å²) >= 11 is 0. The molecule has 1 nitrogen and oxygen atoms in total. The van der Waals surface area contributed by atoms with Crippen LogP contribution in [0.1, 0.15) is 27.9 Å². The molecule has 0 bridgehead atoms. The van der Waals surface area contributed by atoms with Gasteiger partial charge in [-0.2, -0.15) is 0 Å². The summed E-state index contributed by atoms with van der Waals surface area (Å²) in [6.45, 7) is 2.13. The maximum atomic E-state index is 4.82. The number of hydrogen-bond acceptors (Lipinski definition) is 1. The zero-order chi connectivity index (χ0) is 18.5. The normalized spacial score (nSPS) is 11.3. The second kappa shape index (κ2) is 7.59. The predicted octanol–water partition coefficient (Wildman–Crippen LogP) is 5.97. The molecule has 3 aromatic carbocycles. The Kier molecular flexibility index (Phi) is 4.84. The number of aromatic nitrogens is 1. The van der Waals surface area contributed by atoms with Crippen LogP contribution in [-0.2, 0) is 11.8 Å². The molecular formula is C26H23N. The number of hydrogen-bond donors (Lipinski definition) is 0. The molecule has 0 saturated heterocycles. The van der Waals surface area contributed by atoms with E-state index in [-0.39, 0.29) is 5.41 Å². The van der Waals surface area contributed by atoms with Gasteiger partial charge >= 0.3 is 0 Å². The molecule has 1 aromatic heterocycles. The molecule has 0 aliphatic rings. The van der Waals surface area contributed by atoms with Gasteiger partial charge in [0.1, 0.15) is 0 Å². The van der Waals surface area contributed by atoms with Gasteiger partial charge in [-0.05, 0) is 42.2 Å². The van der Waals surface area contributed by atoms with Crippen LogP contribution in [0.3, 0.4) is 0 Å². The van der Waals surface area contributed by atoms with E-state index in [2.05, 4.69) is 104 Å². The van der Waals surface area contributed by atoms with Gasteiger partial charge in [0.05, 0.1) is 11.1 Å². The molecule has 4 rings (SSSR count). The van der Waals surface area contributed by atoms with E-state index in [9.17, 15) is 0 Å². The highest BCUT2D eigenvalue weighted by Gasteiger charge is 2.37. The van der Waals surface area contributed by atoms with E-state index in [1.54, 1.807) is 0 Å². The number of aryl methyl sites for hydroxylation is 1. The summed E-state index contributed by atoms with van der Waals surface area (Å²) in [4.78, 5) is 4.82. The van der Waals surface area contributed by atoms with Crippen LogP contribution in [0.4, 0.5) is 0 Å². The van der Waals surface area contributed by atoms with Gasteiger partial charge in [-0.1, -0.05) is 96.6 Å². The van der Waals surface area contributed by atoms with Gasteiger partial charge in [0.2, 0.25) is 0 Å².